The first-order valence-electron chi connectivity index (χ1n) is 11.6. The number of oxime groups is 1. The number of hydrogen-bond donors (Lipinski definition) is 1. The van der Waals surface area contributed by atoms with Crippen molar-refractivity contribution in [3.05, 3.63) is 56.7 Å². The average Bonchev–Trinajstić information content (AvgIpc) is 3.52. The van der Waals surface area contributed by atoms with Crippen LogP contribution in [0.4, 0.5) is 0 Å². The molecule has 1 fully saturated rings. The Hall–Kier alpha value is -2.71. The second-order valence-electron chi connectivity index (χ2n) is 8.47. The van der Waals surface area contributed by atoms with Gasteiger partial charge in [-0.15, -0.1) is 11.3 Å². The van der Waals surface area contributed by atoms with Gasteiger partial charge in [-0.2, -0.15) is 0 Å². The predicted octanol–water partition coefficient (Wildman–Crippen LogP) is 5.16. The zero-order valence-electron chi connectivity index (χ0n) is 19.1. The number of thiophene rings is 1. The molecule has 1 unspecified atom stereocenters. The molecule has 2 aliphatic rings. The van der Waals surface area contributed by atoms with Crippen molar-refractivity contribution < 1.29 is 19.2 Å². The number of Topliss-reactive ketones (excluding diaryl/α,β-unsaturated/α-hetero) is 1. The van der Waals surface area contributed by atoms with Crippen molar-refractivity contribution in [2.75, 3.05) is 19.7 Å². The smallest absolute Gasteiger partial charge is 0.309 e. The van der Waals surface area contributed by atoms with Crippen LogP contribution in [0.5, 0.6) is 0 Å². The number of piperidine rings is 1. The number of nitrogens with zero attached hydrogens (tertiary/aromatic N) is 2. The van der Waals surface area contributed by atoms with E-state index in [1.807, 2.05) is 36.1 Å². The molecule has 2 aliphatic heterocycles. The molecule has 1 aromatic heterocycles. The van der Waals surface area contributed by atoms with Crippen LogP contribution in [0.3, 0.4) is 0 Å². The molecular weight excluding hydrogens is 474 g/mol. The van der Waals surface area contributed by atoms with E-state index >= 15 is 0 Å². The van der Waals surface area contributed by atoms with Crippen LogP contribution in [0.2, 0.25) is 4.34 Å². The van der Waals surface area contributed by atoms with Gasteiger partial charge < -0.3 is 14.5 Å². The molecule has 0 aliphatic carbocycles. The molecule has 9 heteroatoms. The second kappa shape index (κ2) is 11.1. The summed E-state index contributed by atoms with van der Waals surface area (Å²) in [6, 6.07) is 11.3. The lowest BCUT2D eigenvalue weighted by molar-refractivity contribution is -0.149. The van der Waals surface area contributed by atoms with E-state index in [-0.39, 0.29) is 23.8 Å². The van der Waals surface area contributed by atoms with Gasteiger partial charge in [-0.25, -0.2) is 0 Å². The van der Waals surface area contributed by atoms with Gasteiger partial charge in [0.25, 0.3) is 0 Å². The molecule has 2 aromatic rings. The molecule has 1 N–H and O–H groups in total. The first-order chi connectivity index (χ1) is 16.4. The number of nitrogens with one attached hydrogen (secondary N) is 1. The Kier molecular flexibility index (Phi) is 8.00. The van der Waals surface area contributed by atoms with E-state index in [1.165, 1.54) is 11.3 Å². The van der Waals surface area contributed by atoms with E-state index < -0.39 is 0 Å². The first-order valence-corrected chi connectivity index (χ1v) is 12.8. The molecule has 1 aromatic carbocycles. The molecule has 0 radical (unpaired) electrons. The van der Waals surface area contributed by atoms with E-state index in [9.17, 15) is 9.59 Å². The Morgan fingerprint density at radius 1 is 1.21 bits per heavy atom. The molecule has 180 valence electrons. The number of carbonyl (C=O) groups is 2. The number of halogens is 1. The van der Waals surface area contributed by atoms with E-state index in [0.717, 1.165) is 16.8 Å². The minimum absolute atomic E-state index is 0.0712. The largest absolute Gasteiger partial charge is 0.466 e. The van der Waals surface area contributed by atoms with Crippen LogP contribution in [0.1, 0.15) is 59.8 Å². The zero-order valence-corrected chi connectivity index (χ0v) is 20.7. The van der Waals surface area contributed by atoms with Crippen LogP contribution >= 0.6 is 22.9 Å². The summed E-state index contributed by atoms with van der Waals surface area (Å²) >= 11 is 7.21. The normalized spacial score (nSPS) is 18.4. The van der Waals surface area contributed by atoms with Crippen molar-refractivity contribution in [2.45, 2.75) is 45.1 Å². The number of benzene rings is 1. The van der Waals surface area contributed by atoms with Crippen LogP contribution in [0, 0.1) is 11.3 Å². The first kappa shape index (κ1) is 24.4. The van der Waals surface area contributed by atoms with Crippen molar-refractivity contribution in [3.63, 3.8) is 0 Å². The molecule has 7 nitrogen and oxygen atoms in total. The minimum atomic E-state index is -0.129. The molecule has 3 heterocycles. The third kappa shape index (κ3) is 5.85. The number of esters is 1. The molecule has 34 heavy (non-hydrogen) atoms. The summed E-state index contributed by atoms with van der Waals surface area (Å²) in [5.74, 6) is 0.334. The summed E-state index contributed by atoms with van der Waals surface area (Å²) < 4.78 is 5.74. The van der Waals surface area contributed by atoms with Crippen LogP contribution in [0.15, 0.2) is 41.6 Å². The number of likely N-dealkylation sites (tertiary alicyclic amines) is 1. The third-order valence-corrected chi connectivity index (χ3v) is 7.47. The number of rotatable bonds is 8. The van der Waals surface area contributed by atoms with Crippen molar-refractivity contribution >= 4 is 46.2 Å². The van der Waals surface area contributed by atoms with Gasteiger partial charge in [0.1, 0.15) is 11.9 Å². The maximum atomic E-state index is 12.3. The fraction of sp³-hybridized carbons (Fsp3) is 0.440. The van der Waals surface area contributed by atoms with Crippen molar-refractivity contribution in [2.24, 2.45) is 11.1 Å². The minimum Gasteiger partial charge on any atom is -0.466 e. The van der Waals surface area contributed by atoms with Crippen molar-refractivity contribution in [1.82, 2.24) is 4.90 Å². The summed E-state index contributed by atoms with van der Waals surface area (Å²) in [6.07, 6.45) is 2.94. The number of ketones is 1. The van der Waals surface area contributed by atoms with Crippen LogP contribution in [0.25, 0.3) is 0 Å². The summed E-state index contributed by atoms with van der Waals surface area (Å²) in [6.45, 7) is 3.56. The highest BCUT2D eigenvalue weighted by atomic mass is 35.5. The molecule has 0 spiro atoms. The molecule has 0 amide bonds. The van der Waals surface area contributed by atoms with Crippen molar-refractivity contribution in [3.8, 4) is 0 Å². The number of carbonyl (C=O) groups excluding carboxylic acids is 2. The quantitative estimate of drug-likeness (QED) is 0.233. The van der Waals surface area contributed by atoms with Gasteiger partial charge in [-0.3, -0.25) is 15.0 Å². The molecular formula is C25H28ClN3O4S. The lowest BCUT2D eigenvalue weighted by Crippen LogP contribution is -2.40. The Labute approximate surface area is 208 Å². The Balaban J connectivity index is 1.25. The van der Waals surface area contributed by atoms with Gasteiger partial charge in [0.2, 0.25) is 0 Å². The highest BCUT2D eigenvalue weighted by Gasteiger charge is 2.28. The standard InChI is InChI=1S/C25H28ClN3O4S/c1-2-32-25(31)18-11-13-29(14-12-18)24(27)17-5-3-16(4-6-17)20-15-19(33-28-20)7-8-21(30)22-9-10-23(26)34-22/h3-6,9-10,18-19,27H,2,7-8,11-15H2,1H3. The average molecular weight is 502 g/mol. The summed E-state index contributed by atoms with van der Waals surface area (Å²) in [4.78, 5) is 32.5. The number of ether oxygens (including phenoxy) is 1. The predicted molar refractivity (Wildman–Crippen MR) is 133 cm³/mol. The maximum absolute atomic E-state index is 12.3. The fourth-order valence-electron chi connectivity index (χ4n) is 4.24. The zero-order chi connectivity index (χ0) is 24.1. The molecule has 4 rings (SSSR count). The van der Waals surface area contributed by atoms with Crippen LogP contribution < -0.4 is 0 Å². The van der Waals surface area contributed by atoms with Gasteiger partial charge in [0.05, 0.1) is 27.4 Å². The molecule has 0 saturated carbocycles. The lowest BCUT2D eigenvalue weighted by atomic mass is 9.96. The van der Waals surface area contributed by atoms with Gasteiger partial charge in [-0.05, 0) is 43.9 Å². The lowest BCUT2D eigenvalue weighted by Gasteiger charge is -2.32. The fourth-order valence-corrected chi connectivity index (χ4v) is 5.25. The Morgan fingerprint density at radius 2 is 1.94 bits per heavy atom. The maximum Gasteiger partial charge on any atom is 0.309 e. The van der Waals surface area contributed by atoms with E-state index in [1.54, 1.807) is 12.1 Å². The Bertz CT molecular complexity index is 1070. The SMILES string of the molecule is CCOC(=O)C1CCN(C(=N)c2ccc(C3=NOC(CCC(=O)c4ccc(Cl)s4)C3)cc2)CC1. The molecule has 1 atom stereocenters. The van der Waals surface area contributed by atoms with Gasteiger partial charge in [-0.1, -0.05) is 41.0 Å². The van der Waals surface area contributed by atoms with Gasteiger partial charge in [0.15, 0.2) is 5.78 Å². The highest BCUT2D eigenvalue weighted by molar-refractivity contribution is 7.18. The third-order valence-electron chi connectivity index (χ3n) is 6.20. The molecule has 1 saturated heterocycles. The highest BCUT2D eigenvalue weighted by Crippen LogP contribution is 2.26. The number of amidine groups is 1. The van der Waals surface area contributed by atoms with Gasteiger partial charge >= 0.3 is 5.97 Å². The molecule has 0 bridgehead atoms. The van der Waals surface area contributed by atoms with Crippen LogP contribution in [-0.4, -0.2) is 54.0 Å². The second-order valence-corrected chi connectivity index (χ2v) is 10.2. The monoisotopic (exact) mass is 501 g/mol. The summed E-state index contributed by atoms with van der Waals surface area (Å²) in [5, 5.41) is 12.8. The van der Waals surface area contributed by atoms with E-state index in [0.29, 0.717) is 66.8 Å². The number of hydrogen-bond acceptors (Lipinski definition) is 7. The van der Waals surface area contributed by atoms with Crippen LogP contribution in [-0.2, 0) is 14.4 Å². The summed E-state index contributed by atoms with van der Waals surface area (Å²) in [5.41, 5.74) is 2.64. The van der Waals surface area contributed by atoms with Gasteiger partial charge in [0, 0.05) is 31.5 Å². The van der Waals surface area contributed by atoms with E-state index in [2.05, 4.69) is 5.16 Å². The summed E-state index contributed by atoms with van der Waals surface area (Å²) in [7, 11) is 0. The van der Waals surface area contributed by atoms with Crippen molar-refractivity contribution in [1.29, 1.82) is 5.41 Å². The van der Waals surface area contributed by atoms with E-state index in [4.69, 9.17) is 26.6 Å². The Morgan fingerprint density at radius 3 is 2.59 bits per heavy atom. The topological polar surface area (TPSA) is 92.1 Å².